The summed E-state index contributed by atoms with van der Waals surface area (Å²) in [7, 11) is 0. The largest absolute Gasteiger partial charge is 0.493 e. The third kappa shape index (κ3) is 3.59. The molecule has 2 aromatic rings. The summed E-state index contributed by atoms with van der Waals surface area (Å²) in [6, 6.07) is 12.0. The standard InChI is InChI=1S/C19H22O4/c1-3-19(11-21-12-19)13-22-17-7-5-16-10-18(23-14-20-4-2)8-6-15(16)9-17/h4-10H,2-3,11-14H2,1H3. The van der Waals surface area contributed by atoms with Gasteiger partial charge in [0.15, 0.2) is 0 Å². The lowest BCUT2D eigenvalue weighted by atomic mass is 9.84. The van der Waals surface area contributed by atoms with Gasteiger partial charge in [0.25, 0.3) is 0 Å². The van der Waals surface area contributed by atoms with E-state index >= 15 is 0 Å². The summed E-state index contributed by atoms with van der Waals surface area (Å²) in [5.74, 6) is 1.66. The van der Waals surface area contributed by atoms with Gasteiger partial charge in [-0.05, 0) is 41.5 Å². The van der Waals surface area contributed by atoms with E-state index in [1.165, 1.54) is 6.26 Å². The molecule has 0 spiro atoms. The minimum atomic E-state index is 0.164. The van der Waals surface area contributed by atoms with Gasteiger partial charge >= 0.3 is 0 Å². The minimum absolute atomic E-state index is 0.164. The molecule has 0 aliphatic carbocycles. The molecule has 1 aliphatic heterocycles. The topological polar surface area (TPSA) is 36.9 Å². The Labute approximate surface area is 136 Å². The Kier molecular flexibility index (Phi) is 4.72. The molecule has 0 amide bonds. The van der Waals surface area contributed by atoms with E-state index in [0.29, 0.717) is 6.61 Å². The van der Waals surface area contributed by atoms with Gasteiger partial charge in [0.1, 0.15) is 11.5 Å². The fourth-order valence-electron chi connectivity index (χ4n) is 2.55. The van der Waals surface area contributed by atoms with E-state index in [2.05, 4.69) is 19.6 Å². The lowest BCUT2D eigenvalue weighted by Crippen LogP contribution is -2.46. The van der Waals surface area contributed by atoms with Crippen LogP contribution in [0.15, 0.2) is 49.2 Å². The zero-order chi connectivity index (χ0) is 16.1. The van der Waals surface area contributed by atoms with Gasteiger partial charge in [0.2, 0.25) is 6.79 Å². The number of ether oxygens (including phenoxy) is 4. The Morgan fingerprint density at radius 1 is 1.09 bits per heavy atom. The molecule has 3 rings (SSSR count). The van der Waals surface area contributed by atoms with E-state index in [1.54, 1.807) is 0 Å². The maximum absolute atomic E-state index is 5.98. The zero-order valence-electron chi connectivity index (χ0n) is 13.4. The predicted octanol–water partition coefficient (Wildman–Crippen LogP) is 4.14. The molecule has 2 aromatic carbocycles. The number of rotatable bonds is 8. The molecule has 1 saturated heterocycles. The third-order valence-corrected chi connectivity index (χ3v) is 4.31. The van der Waals surface area contributed by atoms with Gasteiger partial charge < -0.3 is 18.9 Å². The molecule has 4 heteroatoms. The Morgan fingerprint density at radius 2 is 1.74 bits per heavy atom. The van der Waals surface area contributed by atoms with Crippen molar-refractivity contribution in [2.24, 2.45) is 5.41 Å². The molecule has 1 fully saturated rings. The number of hydrogen-bond acceptors (Lipinski definition) is 4. The van der Waals surface area contributed by atoms with E-state index in [0.717, 1.165) is 41.9 Å². The van der Waals surface area contributed by atoms with Crippen LogP contribution in [0.3, 0.4) is 0 Å². The van der Waals surface area contributed by atoms with Gasteiger partial charge in [0.05, 0.1) is 31.5 Å². The van der Waals surface area contributed by atoms with Gasteiger partial charge in [-0.1, -0.05) is 25.6 Å². The Hall–Kier alpha value is -2.20. The number of benzene rings is 2. The highest BCUT2D eigenvalue weighted by molar-refractivity contribution is 5.85. The molecular formula is C19H22O4. The summed E-state index contributed by atoms with van der Waals surface area (Å²) < 4.78 is 21.8. The molecular weight excluding hydrogens is 292 g/mol. The first-order valence-electron chi connectivity index (χ1n) is 7.84. The average Bonchev–Trinajstić information content (AvgIpc) is 2.54. The first kappa shape index (κ1) is 15.7. The molecule has 0 N–H and O–H groups in total. The van der Waals surface area contributed by atoms with Crippen LogP contribution in [0.4, 0.5) is 0 Å². The van der Waals surface area contributed by atoms with Crippen LogP contribution in [0.2, 0.25) is 0 Å². The van der Waals surface area contributed by atoms with Crippen LogP contribution in [0, 0.1) is 5.41 Å². The van der Waals surface area contributed by atoms with Crippen molar-refractivity contribution in [3.63, 3.8) is 0 Å². The van der Waals surface area contributed by atoms with Crippen LogP contribution in [0.1, 0.15) is 13.3 Å². The second-order valence-electron chi connectivity index (χ2n) is 5.90. The fraction of sp³-hybridized carbons (Fsp3) is 0.368. The van der Waals surface area contributed by atoms with Crippen molar-refractivity contribution < 1.29 is 18.9 Å². The Morgan fingerprint density at radius 3 is 2.26 bits per heavy atom. The van der Waals surface area contributed by atoms with Gasteiger partial charge in [-0.25, -0.2) is 0 Å². The SMILES string of the molecule is C=COCOc1ccc2cc(OCC3(CC)COC3)ccc2c1. The third-order valence-electron chi connectivity index (χ3n) is 4.31. The Bertz CT molecular complexity index is 671. The van der Waals surface area contributed by atoms with Crippen LogP contribution in [0.25, 0.3) is 10.8 Å². The molecule has 0 atom stereocenters. The molecule has 4 nitrogen and oxygen atoms in total. The smallest absolute Gasteiger partial charge is 0.229 e. The molecule has 0 bridgehead atoms. The Balaban J connectivity index is 1.67. The van der Waals surface area contributed by atoms with E-state index in [-0.39, 0.29) is 12.2 Å². The molecule has 23 heavy (non-hydrogen) atoms. The maximum Gasteiger partial charge on any atom is 0.229 e. The molecule has 0 radical (unpaired) electrons. The maximum atomic E-state index is 5.98. The molecule has 0 unspecified atom stereocenters. The van der Waals surface area contributed by atoms with Gasteiger partial charge in [-0.3, -0.25) is 0 Å². The van der Waals surface area contributed by atoms with Gasteiger partial charge in [-0.15, -0.1) is 0 Å². The van der Waals surface area contributed by atoms with Crippen molar-refractivity contribution in [1.29, 1.82) is 0 Å². The summed E-state index contributed by atoms with van der Waals surface area (Å²) in [6.07, 6.45) is 2.44. The number of fused-ring (bicyclic) bond motifs is 1. The first-order valence-corrected chi connectivity index (χ1v) is 7.84. The van der Waals surface area contributed by atoms with Crippen LogP contribution in [0.5, 0.6) is 11.5 Å². The van der Waals surface area contributed by atoms with Gasteiger partial charge in [0, 0.05) is 0 Å². The van der Waals surface area contributed by atoms with E-state index in [1.807, 2.05) is 30.3 Å². The molecule has 1 heterocycles. The zero-order valence-corrected chi connectivity index (χ0v) is 13.4. The number of hydrogen-bond donors (Lipinski definition) is 0. The highest BCUT2D eigenvalue weighted by atomic mass is 16.7. The molecule has 0 saturated carbocycles. The van der Waals surface area contributed by atoms with E-state index in [4.69, 9.17) is 18.9 Å². The minimum Gasteiger partial charge on any atom is -0.493 e. The van der Waals surface area contributed by atoms with Crippen molar-refractivity contribution in [1.82, 2.24) is 0 Å². The van der Waals surface area contributed by atoms with Gasteiger partial charge in [-0.2, -0.15) is 0 Å². The van der Waals surface area contributed by atoms with Crippen LogP contribution >= 0.6 is 0 Å². The van der Waals surface area contributed by atoms with Crippen molar-refractivity contribution in [2.45, 2.75) is 13.3 Å². The van der Waals surface area contributed by atoms with Crippen molar-refractivity contribution in [3.05, 3.63) is 49.2 Å². The summed E-state index contributed by atoms with van der Waals surface area (Å²) >= 11 is 0. The van der Waals surface area contributed by atoms with Crippen molar-refractivity contribution >= 4 is 10.8 Å². The van der Waals surface area contributed by atoms with Crippen LogP contribution < -0.4 is 9.47 Å². The average molecular weight is 314 g/mol. The lowest BCUT2D eigenvalue weighted by molar-refractivity contribution is -0.133. The summed E-state index contributed by atoms with van der Waals surface area (Å²) in [5.41, 5.74) is 0.192. The fourth-order valence-corrected chi connectivity index (χ4v) is 2.55. The quantitative estimate of drug-likeness (QED) is 0.417. The highest BCUT2D eigenvalue weighted by Crippen LogP contribution is 2.32. The second-order valence-corrected chi connectivity index (χ2v) is 5.90. The van der Waals surface area contributed by atoms with Crippen LogP contribution in [-0.2, 0) is 9.47 Å². The van der Waals surface area contributed by atoms with Crippen LogP contribution in [-0.4, -0.2) is 26.6 Å². The normalized spacial score (nSPS) is 15.7. The van der Waals surface area contributed by atoms with E-state index < -0.39 is 0 Å². The summed E-state index contributed by atoms with van der Waals surface area (Å²) in [4.78, 5) is 0. The molecule has 0 aromatic heterocycles. The molecule has 1 aliphatic rings. The molecule has 122 valence electrons. The van der Waals surface area contributed by atoms with Crippen molar-refractivity contribution in [2.75, 3.05) is 26.6 Å². The lowest BCUT2D eigenvalue weighted by Gasteiger charge is -2.40. The highest BCUT2D eigenvalue weighted by Gasteiger charge is 2.37. The monoisotopic (exact) mass is 314 g/mol. The summed E-state index contributed by atoms with van der Waals surface area (Å²) in [6.45, 7) is 8.12. The predicted molar refractivity (Wildman–Crippen MR) is 89.8 cm³/mol. The van der Waals surface area contributed by atoms with Crippen molar-refractivity contribution in [3.8, 4) is 11.5 Å². The summed E-state index contributed by atoms with van der Waals surface area (Å²) in [5, 5.41) is 2.22. The second kappa shape index (κ2) is 6.92. The van der Waals surface area contributed by atoms with E-state index in [9.17, 15) is 0 Å². The first-order chi connectivity index (χ1) is 11.2.